The van der Waals surface area contributed by atoms with Gasteiger partial charge in [-0.1, -0.05) is 0 Å². The third-order valence-electron chi connectivity index (χ3n) is 2.19. The van der Waals surface area contributed by atoms with Crippen LogP contribution in [0.5, 0.6) is 0 Å². The number of nitrogens with zero attached hydrogens (tertiary/aromatic N) is 1. The van der Waals surface area contributed by atoms with Crippen molar-refractivity contribution in [1.29, 1.82) is 0 Å². The maximum absolute atomic E-state index is 5.48. The van der Waals surface area contributed by atoms with Crippen LogP contribution in [0.1, 0.15) is 28.8 Å². The van der Waals surface area contributed by atoms with Crippen LogP contribution in [0.25, 0.3) is 0 Å². The molecule has 2 nitrogen and oxygen atoms in total. The quantitative estimate of drug-likeness (QED) is 0.838. The molecule has 2 N–H and O–H groups in total. The Hall–Kier alpha value is -0.0600. The predicted molar refractivity (Wildman–Crippen MR) is 59.3 cm³/mol. The Morgan fingerprint density at radius 2 is 2.54 bits per heavy atom. The fourth-order valence-corrected chi connectivity index (χ4v) is 3.72. The fraction of sp³-hybridized carbons (Fsp3) is 0.667. The second-order valence-corrected chi connectivity index (χ2v) is 5.46. The average Bonchev–Trinajstić information content (AvgIpc) is 2.70. The lowest BCUT2D eigenvalue weighted by molar-refractivity contribution is 0.805. The van der Waals surface area contributed by atoms with Crippen molar-refractivity contribution in [3.05, 3.63) is 16.1 Å². The molecular formula is C9H14N2S2. The van der Waals surface area contributed by atoms with Crippen LogP contribution in [0.3, 0.4) is 0 Å². The molecule has 2 heterocycles. The van der Waals surface area contributed by atoms with Gasteiger partial charge in [-0.2, -0.15) is 11.8 Å². The van der Waals surface area contributed by atoms with E-state index in [1.807, 2.05) is 11.8 Å². The van der Waals surface area contributed by atoms with Gasteiger partial charge < -0.3 is 5.73 Å². The molecule has 1 aromatic rings. The van der Waals surface area contributed by atoms with E-state index in [1.54, 1.807) is 11.3 Å². The van der Waals surface area contributed by atoms with Gasteiger partial charge in [-0.15, -0.1) is 11.3 Å². The molecule has 1 atom stereocenters. The molecule has 0 aliphatic carbocycles. The van der Waals surface area contributed by atoms with E-state index in [0.29, 0.717) is 11.8 Å². The first kappa shape index (κ1) is 9.49. The molecular weight excluding hydrogens is 200 g/mol. The van der Waals surface area contributed by atoms with E-state index in [1.165, 1.54) is 29.3 Å². The molecule has 1 unspecified atom stereocenters. The number of hydrogen-bond donors (Lipinski definition) is 1. The van der Waals surface area contributed by atoms with Gasteiger partial charge in [0.1, 0.15) is 0 Å². The molecule has 0 saturated carbocycles. The number of nitrogens with two attached hydrogens (primary N) is 1. The highest BCUT2D eigenvalue weighted by atomic mass is 32.2. The Balaban J connectivity index is 2.03. The first-order valence-electron chi connectivity index (χ1n) is 4.66. The molecule has 1 fully saturated rings. The average molecular weight is 214 g/mol. The molecule has 0 amide bonds. The molecule has 4 heteroatoms. The van der Waals surface area contributed by atoms with Crippen LogP contribution in [-0.4, -0.2) is 17.3 Å². The normalized spacial score (nSPS) is 22.4. The van der Waals surface area contributed by atoms with Crippen molar-refractivity contribution in [2.45, 2.75) is 24.5 Å². The lowest BCUT2D eigenvalue weighted by Crippen LogP contribution is -2.02. The van der Waals surface area contributed by atoms with Gasteiger partial charge in [-0.3, -0.25) is 0 Å². The summed E-state index contributed by atoms with van der Waals surface area (Å²) in [5.74, 6) is 1.30. The van der Waals surface area contributed by atoms with Gasteiger partial charge in [0, 0.05) is 17.1 Å². The van der Waals surface area contributed by atoms with Crippen molar-refractivity contribution in [3.8, 4) is 0 Å². The van der Waals surface area contributed by atoms with Gasteiger partial charge >= 0.3 is 0 Å². The lowest BCUT2D eigenvalue weighted by Gasteiger charge is -2.02. The van der Waals surface area contributed by atoms with Gasteiger partial charge in [-0.05, 0) is 25.1 Å². The van der Waals surface area contributed by atoms with Crippen molar-refractivity contribution in [2.75, 3.05) is 12.3 Å². The summed E-state index contributed by atoms with van der Waals surface area (Å²) in [5.41, 5.74) is 6.77. The van der Waals surface area contributed by atoms with Crippen molar-refractivity contribution < 1.29 is 0 Å². The molecule has 0 bridgehead atoms. The van der Waals surface area contributed by atoms with E-state index in [9.17, 15) is 0 Å². The topological polar surface area (TPSA) is 38.9 Å². The maximum Gasteiger partial charge on any atom is 0.0941 e. The van der Waals surface area contributed by atoms with E-state index in [0.717, 1.165) is 6.42 Å². The van der Waals surface area contributed by atoms with Crippen LogP contribution < -0.4 is 5.73 Å². The van der Waals surface area contributed by atoms with Crippen molar-refractivity contribution >= 4 is 23.1 Å². The highest BCUT2D eigenvalue weighted by Crippen LogP contribution is 2.39. The molecule has 1 saturated heterocycles. The van der Waals surface area contributed by atoms with Gasteiger partial charge in [0.05, 0.1) is 10.7 Å². The number of hydrogen-bond acceptors (Lipinski definition) is 4. The summed E-state index contributed by atoms with van der Waals surface area (Å²) < 4.78 is 0. The second kappa shape index (κ2) is 4.44. The largest absolute Gasteiger partial charge is 0.330 e. The second-order valence-electron chi connectivity index (χ2n) is 3.21. The van der Waals surface area contributed by atoms with E-state index in [2.05, 4.69) is 10.4 Å². The van der Waals surface area contributed by atoms with Crippen LogP contribution in [0.4, 0.5) is 0 Å². The summed E-state index contributed by atoms with van der Waals surface area (Å²) in [4.78, 5) is 4.60. The zero-order chi connectivity index (χ0) is 9.10. The van der Waals surface area contributed by atoms with Crippen molar-refractivity contribution in [2.24, 2.45) is 5.73 Å². The van der Waals surface area contributed by atoms with Crippen molar-refractivity contribution in [1.82, 2.24) is 4.98 Å². The van der Waals surface area contributed by atoms with Gasteiger partial charge in [0.15, 0.2) is 0 Å². The number of thiazole rings is 1. The molecule has 0 radical (unpaired) electrons. The minimum atomic E-state index is 0.669. The van der Waals surface area contributed by atoms with E-state index < -0.39 is 0 Å². The molecule has 0 spiro atoms. The summed E-state index contributed by atoms with van der Waals surface area (Å²) in [5, 5.41) is 4.07. The Labute approximate surface area is 86.9 Å². The molecule has 72 valence electrons. The Morgan fingerprint density at radius 3 is 3.23 bits per heavy atom. The summed E-state index contributed by atoms with van der Waals surface area (Å²) in [7, 11) is 0. The molecule has 2 rings (SSSR count). The van der Waals surface area contributed by atoms with Crippen LogP contribution in [0.2, 0.25) is 0 Å². The minimum absolute atomic E-state index is 0.669. The third-order valence-corrected chi connectivity index (χ3v) is 4.52. The number of rotatable bonds is 3. The zero-order valence-corrected chi connectivity index (χ0v) is 9.16. The van der Waals surface area contributed by atoms with Crippen molar-refractivity contribution in [3.63, 3.8) is 0 Å². The fourth-order valence-electron chi connectivity index (χ4n) is 1.52. The van der Waals surface area contributed by atoms with E-state index in [-0.39, 0.29) is 0 Å². The summed E-state index contributed by atoms with van der Waals surface area (Å²) >= 11 is 3.80. The van der Waals surface area contributed by atoms with Gasteiger partial charge in [-0.25, -0.2) is 4.98 Å². The Bertz CT molecular complexity index is 266. The van der Waals surface area contributed by atoms with E-state index >= 15 is 0 Å². The van der Waals surface area contributed by atoms with Crippen LogP contribution in [0, 0.1) is 0 Å². The number of aromatic nitrogens is 1. The standard InChI is InChI=1S/C9H14N2S2/c10-4-3-9-11-7(6-13-9)8-2-1-5-12-8/h6,8H,1-5,10H2. The summed E-state index contributed by atoms with van der Waals surface area (Å²) in [6.07, 6.45) is 3.58. The van der Waals surface area contributed by atoms with Crippen LogP contribution >= 0.6 is 23.1 Å². The SMILES string of the molecule is NCCc1nc(C2CCCS2)cs1. The zero-order valence-electron chi connectivity index (χ0n) is 7.53. The molecule has 1 aromatic heterocycles. The lowest BCUT2D eigenvalue weighted by atomic mass is 10.2. The molecule has 1 aliphatic rings. The van der Waals surface area contributed by atoms with Crippen LogP contribution in [0.15, 0.2) is 5.38 Å². The molecule has 1 aliphatic heterocycles. The monoisotopic (exact) mass is 214 g/mol. The molecule has 0 aromatic carbocycles. The first-order valence-corrected chi connectivity index (χ1v) is 6.59. The molecule has 13 heavy (non-hydrogen) atoms. The summed E-state index contributed by atoms with van der Waals surface area (Å²) in [6.45, 7) is 0.713. The summed E-state index contributed by atoms with van der Waals surface area (Å²) in [6, 6.07) is 0. The maximum atomic E-state index is 5.48. The third kappa shape index (κ3) is 2.24. The Kier molecular flexibility index (Phi) is 3.24. The minimum Gasteiger partial charge on any atom is -0.330 e. The number of thioether (sulfide) groups is 1. The van der Waals surface area contributed by atoms with E-state index in [4.69, 9.17) is 5.73 Å². The first-order chi connectivity index (χ1) is 6.40. The highest BCUT2D eigenvalue weighted by molar-refractivity contribution is 7.99. The predicted octanol–water partition coefficient (Wildman–Crippen LogP) is 2.21. The van der Waals surface area contributed by atoms with Gasteiger partial charge in [0.25, 0.3) is 0 Å². The van der Waals surface area contributed by atoms with Gasteiger partial charge in [0.2, 0.25) is 0 Å². The smallest absolute Gasteiger partial charge is 0.0941 e. The van der Waals surface area contributed by atoms with Crippen LogP contribution in [-0.2, 0) is 6.42 Å². The Morgan fingerprint density at radius 1 is 1.62 bits per heavy atom. The highest BCUT2D eigenvalue weighted by Gasteiger charge is 2.19.